The molecule has 2 rings (SSSR count). The summed E-state index contributed by atoms with van der Waals surface area (Å²) < 4.78 is 1.61. The molecule has 1 aromatic heterocycles. The molecule has 0 aliphatic carbocycles. The number of anilines is 1. The number of nitrogens with two attached hydrogens (primary N) is 1. The van der Waals surface area contributed by atoms with E-state index in [0.717, 1.165) is 12.1 Å². The first-order valence-electron chi connectivity index (χ1n) is 4.85. The molecular weight excluding hydrogens is 196 g/mol. The van der Waals surface area contributed by atoms with Gasteiger partial charge in [-0.05, 0) is 6.42 Å². The maximum Gasteiger partial charge on any atom is 0.407 e. The van der Waals surface area contributed by atoms with E-state index >= 15 is 0 Å². The van der Waals surface area contributed by atoms with Gasteiger partial charge in [-0.1, -0.05) is 0 Å². The first-order chi connectivity index (χ1) is 7.08. The molecule has 2 heterocycles. The van der Waals surface area contributed by atoms with Crippen molar-refractivity contribution in [2.45, 2.75) is 12.3 Å². The summed E-state index contributed by atoms with van der Waals surface area (Å²) in [6.45, 7) is 1.10. The highest BCUT2D eigenvalue weighted by Gasteiger charge is 2.28. The minimum atomic E-state index is -0.860. The molecule has 15 heavy (non-hydrogen) atoms. The normalized spacial score (nSPS) is 20.9. The molecule has 0 radical (unpaired) electrons. The number of rotatable bonds is 1. The van der Waals surface area contributed by atoms with Gasteiger partial charge in [0.05, 0.1) is 5.69 Å². The number of carboxylic acid groups (broad SMARTS) is 1. The monoisotopic (exact) mass is 210 g/mol. The minimum absolute atomic E-state index is 0.185. The Labute approximate surface area is 87.3 Å². The van der Waals surface area contributed by atoms with E-state index in [1.807, 2.05) is 6.07 Å². The van der Waals surface area contributed by atoms with Gasteiger partial charge in [0, 0.05) is 32.1 Å². The zero-order valence-corrected chi connectivity index (χ0v) is 8.55. The fraction of sp³-hybridized carbons (Fsp3) is 0.556. The van der Waals surface area contributed by atoms with Crippen molar-refractivity contribution in [1.82, 2.24) is 14.7 Å². The van der Waals surface area contributed by atoms with Crippen molar-refractivity contribution < 1.29 is 9.90 Å². The van der Waals surface area contributed by atoms with Gasteiger partial charge in [-0.2, -0.15) is 5.10 Å². The molecule has 1 amide bonds. The standard InChI is InChI=1S/C9H14N4O2/c1-12-8(10)4-7(11-12)6-2-3-13(5-6)9(14)15/h4,6H,2-3,5,10H2,1H3,(H,14,15). The molecule has 1 saturated heterocycles. The molecule has 1 aromatic rings. The molecule has 1 aliphatic heterocycles. The number of aromatic nitrogens is 2. The Morgan fingerprint density at radius 1 is 1.73 bits per heavy atom. The molecule has 1 atom stereocenters. The van der Waals surface area contributed by atoms with Crippen molar-refractivity contribution in [2.75, 3.05) is 18.8 Å². The van der Waals surface area contributed by atoms with Crippen LogP contribution in [0.25, 0.3) is 0 Å². The second-order valence-corrected chi connectivity index (χ2v) is 3.83. The predicted octanol–water partition coefficient (Wildman–Crippen LogP) is 0.470. The van der Waals surface area contributed by atoms with Crippen LogP contribution in [0, 0.1) is 0 Å². The summed E-state index contributed by atoms with van der Waals surface area (Å²) in [4.78, 5) is 12.1. The van der Waals surface area contributed by atoms with Crippen LogP contribution in [0.15, 0.2) is 6.07 Å². The molecular formula is C9H14N4O2. The molecule has 0 bridgehead atoms. The SMILES string of the molecule is Cn1nc(C2CCN(C(=O)O)C2)cc1N. The first-order valence-corrected chi connectivity index (χ1v) is 4.85. The van der Waals surface area contributed by atoms with E-state index < -0.39 is 6.09 Å². The van der Waals surface area contributed by atoms with Crippen LogP contribution in [0.5, 0.6) is 0 Å². The summed E-state index contributed by atoms with van der Waals surface area (Å²) in [6, 6.07) is 1.82. The van der Waals surface area contributed by atoms with Gasteiger partial charge in [-0.3, -0.25) is 4.68 Å². The summed E-state index contributed by atoms with van der Waals surface area (Å²) in [5, 5.41) is 13.1. The summed E-state index contributed by atoms with van der Waals surface area (Å²) in [6.07, 6.45) is -0.0376. The van der Waals surface area contributed by atoms with Crippen LogP contribution in [0.1, 0.15) is 18.0 Å². The van der Waals surface area contributed by atoms with Crippen LogP contribution in [-0.2, 0) is 7.05 Å². The lowest BCUT2D eigenvalue weighted by Crippen LogP contribution is -2.26. The molecule has 1 fully saturated rings. The average molecular weight is 210 g/mol. The highest BCUT2D eigenvalue weighted by Crippen LogP contribution is 2.26. The van der Waals surface area contributed by atoms with Crippen molar-refractivity contribution in [3.8, 4) is 0 Å². The fourth-order valence-corrected chi connectivity index (χ4v) is 1.88. The lowest BCUT2D eigenvalue weighted by atomic mass is 10.1. The van der Waals surface area contributed by atoms with Gasteiger partial charge in [0.25, 0.3) is 0 Å². The zero-order chi connectivity index (χ0) is 11.0. The maximum absolute atomic E-state index is 10.7. The van der Waals surface area contributed by atoms with Gasteiger partial charge in [0.15, 0.2) is 0 Å². The fourth-order valence-electron chi connectivity index (χ4n) is 1.88. The topological polar surface area (TPSA) is 84.4 Å². The molecule has 82 valence electrons. The third-order valence-corrected chi connectivity index (χ3v) is 2.81. The van der Waals surface area contributed by atoms with Crippen LogP contribution >= 0.6 is 0 Å². The number of nitrogens with zero attached hydrogens (tertiary/aromatic N) is 3. The van der Waals surface area contributed by atoms with Crippen LogP contribution in [0.3, 0.4) is 0 Å². The van der Waals surface area contributed by atoms with Crippen molar-refractivity contribution in [1.29, 1.82) is 0 Å². The van der Waals surface area contributed by atoms with E-state index in [9.17, 15) is 4.79 Å². The Hall–Kier alpha value is -1.72. The van der Waals surface area contributed by atoms with Crippen molar-refractivity contribution >= 4 is 11.9 Å². The van der Waals surface area contributed by atoms with E-state index in [1.165, 1.54) is 4.90 Å². The molecule has 0 saturated carbocycles. The van der Waals surface area contributed by atoms with Crippen LogP contribution in [0.4, 0.5) is 10.6 Å². The molecule has 1 unspecified atom stereocenters. The van der Waals surface area contributed by atoms with Gasteiger partial charge < -0.3 is 15.7 Å². The van der Waals surface area contributed by atoms with Crippen molar-refractivity contribution in [3.63, 3.8) is 0 Å². The number of likely N-dealkylation sites (tertiary alicyclic amines) is 1. The second-order valence-electron chi connectivity index (χ2n) is 3.83. The Kier molecular flexibility index (Phi) is 2.26. The smallest absolute Gasteiger partial charge is 0.407 e. The molecule has 6 nitrogen and oxygen atoms in total. The Morgan fingerprint density at radius 3 is 2.93 bits per heavy atom. The Bertz CT molecular complexity index is 368. The average Bonchev–Trinajstić information content (AvgIpc) is 2.74. The lowest BCUT2D eigenvalue weighted by Gasteiger charge is -2.10. The van der Waals surface area contributed by atoms with Gasteiger partial charge in [-0.25, -0.2) is 4.79 Å². The highest BCUT2D eigenvalue weighted by atomic mass is 16.4. The summed E-state index contributed by atoms with van der Waals surface area (Å²) in [5.74, 6) is 0.795. The number of carbonyl (C=O) groups is 1. The van der Waals surface area contributed by atoms with E-state index in [-0.39, 0.29) is 5.92 Å². The van der Waals surface area contributed by atoms with E-state index in [2.05, 4.69) is 5.10 Å². The molecule has 6 heteroatoms. The Balaban J connectivity index is 2.11. The number of nitrogen functional groups attached to an aromatic ring is 1. The van der Waals surface area contributed by atoms with Gasteiger partial charge in [0.2, 0.25) is 0 Å². The van der Waals surface area contributed by atoms with Crippen molar-refractivity contribution in [2.24, 2.45) is 7.05 Å². The molecule has 1 aliphatic rings. The van der Waals surface area contributed by atoms with Crippen LogP contribution in [0.2, 0.25) is 0 Å². The third kappa shape index (κ3) is 1.74. The van der Waals surface area contributed by atoms with Gasteiger partial charge in [0.1, 0.15) is 5.82 Å². The molecule has 3 N–H and O–H groups in total. The second kappa shape index (κ2) is 3.45. The largest absolute Gasteiger partial charge is 0.465 e. The predicted molar refractivity (Wildman–Crippen MR) is 54.6 cm³/mol. The van der Waals surface area contributed by atoms with Crippen molar-refractivity contribution in [3.05, 3.63) is 11.8 Å². The summed E-state index contributed by atoms with van der Waals surface area (Å²) in [5.41, 5.74) is 6.56. The van der Waals surface area contributed by atoms with Gasteiger partial charge in [-0.15, -0.1) is 0 Å². The lowest BCUT2D eigenvalue weighted by molar-refractivity contribution is 0.155. The quantitative estimate of drug-likeness (QED) is 0.705. The third-order valence-electron chi connectivity index (χ3n) is 2.81. The number of hydrogen-bond acceptors (Lipinski definition) is 3. The van der Waals surface area contributed by atoms with E-state index in [4.69, 9.17) is 10.8 Å². The highest BCUT2D eigenvalue weighted by molar-refractivity contribution is 5.65. The van der Waals surface area contributed by atoms with E-state index in [0.29, 0.717) is 18.9 Å². The molecule has 0 spiro atoms. The minimum Gasteiger partial charge on any atom is -0.465 e. The summed E-state index contributed by atoms with van der Waals surface area (Å²) >= 11 is 0. The zero-order valence-electron chi connectivity index (χ0n) is 8.55. The number of amides is 1. The van der Waals surface area contributed by atoms with Gasteiger partial charge >= 0.3 is 6.09 Å². The first kappa shape index (κ1) is 9.82. The molecule has 0 aromatic carbocycles. The number of aryl methyl sites for hydroxylation is 1. The Morgan fingerprint density at radius 2 is 2.47 bits per heavy atom. The maximum atomic E-state index is 10.7. The summed E-state index contributed by atoms with van der Waals surface area (Å²) in [7, 11) is 1.78. The van der Waals surface area contributed by atoms with E-state index in [1.54, 1.807) is 11.7 Å². The van der Waals surface area contributed by atoms with Crippen LogP contribution in [-0.4, -0.2) is 39.0 Å². The number of hydrogen-bond donors (Lipinski definition) is 2. The van der Waals surface area contributed by atoms with Crippen LogP contribution < -0.4 is 5.73 Å².